The van der Waals surface area contributed by atoms with Crippen molar-refractivity contribution in [3.8, 4) is 0 Å². The molecule has 0 saturated carbocycles. The van der Waals surface area contributed by atoms with E-state index in [-0.39, 0.29) is 17.3 Å². The lowest BCUT2D eigenvalue weighted by Gasteiger charge is -2.32. The third-order valence-corrected chi connectivity index (χ3v) is 7.92. The highest BCUT2D eigenvalue weighted by Gasteiger charge is 2.32. The minimum atomic E-state index is -4.06. The Balaban J connectivity index is 2.02. The number of aryl methyl sites for hydroxylation is 2. The molecule has 8 heteroatoms. The number of carbonyl (C=O) groups excluding carboxylic acids is 2. The minimum absolute atomic E-state index is 0.0880. The van der Waals surface area contributed by atoms with Gasteiger partial charge < -0.3 is 10.2 Å². The van der Waals surface area contributed by atoms with Gasteiger partial charge in [0.1, 0.15) is 12.6 Å². The molecule has 1 N–H and O–H groups in total. The van der Waals surface area contributed by atoms with Crippen molar-refractivity contribution in [3.05, 3.63) is 95.6 Å². The van der Waals surface area contributed by atoms with Crippen molar-refractivity contribution in [1.82, 2.24) is 10.2 Å². The fourth-order valence-electron chi connectivity index (χ4n) is 4.06. The zero-order valence-corrected chi connectivity index (χ0v) is 22.7. The number of rotatable bonds is 11. The van der Waals surface area contributed by atoms with Crippen LogP contribution in [0.3, 0.4) is 0 Å². The Morgan fingerprint density at radius 3 is 2.24 bits per heavy atom. The number of carbonyl (C=O) groups is 2. The van der Waals surface area contributed by atoms with E-state index in [2.05, 4.69) is 5.32 Å². The first kappa shape index (κ1) is 27.9. The van der Waals surface area contributed by atoms with E-state index in [0.717, 1.165) is 21.9 Å². The third kappa shape index (κ3) is 6.98. The Bertz CT molecular complexity index is 1330. The average molecular weight is 522 g/mol. The Hall–Kier alpha value is -3.65. The Morgan fingerprint density at radius 1 is 0.919 bits per heavy atom. The molecule has 3 aromatic carbocycles. The summed E-state index contributed by atoms with van der Waals surface area (Å²) in [6.07, 6.45) is 0.765. The van der Waals surface area contributed by atoms with Crippen molar-refractivity contribution >= 4 is 27.5 Å². The van der Waals surface area contributed by atoms with Crippen LogP contribution >= 0.6 is 0 Å². The maximum atomic E-state index is 13.9. The number of nitrogens with zero attached hydrogens (tertiary/aromatic N) is 2. The summed E-state index contributed by atoms with van der Waals surface area (Å²) < 4.78 is 28.7. The van der Waals surface area contributed by atoms with Crippen LogP contribution in [-0.2, 0) is 26.2 Å². The predicted molar refractivity (Wildman–Crippen MR) is 147 cm³/mol. The molecule has 3 aromatic rings. The molecule has 0 heterocycles. The molecule has 3 rings (SSSR count). The van der Waals surface area contributed by atoms with E-state index in [4.69, 9.17) is 0 Å². The van der Waals surface area contributed by atoms with Crippen LogP contribution in [0.15, 0.2) is 83.8 Å². The van der Waals surface area contributed by atoms with Crippen LogP contribution in [0.2, 0.25) is 0 Å². The first-order valence-corrected chi connectivity index (χ1v) is 13.8. The van der Waals surface area contributed by atoms with Gasteiger partial charge in [0.25, 0.3) is 10.0 Å². The molecule has 0 fully saturated rings. The SMILES string of the molecule is CCCNC(=O)[C@H](C)N(Cc1cccc(C)c1)C(=O)CN(c1ccccc1C)S(=O)(=O)c1ccccc1. The first-order chi connectivity index (χ1) is 17.6. The lowest BCUT2D eigenvalue weighted by Crippen LogP contribution is -2.51. The molecule has 7 nitrogen and oxygen atoms in total. The third-order valence-electron chi connectivity index (χ3n) is 6.15. The maximum absolute atomic E-state index is 13.9. The van der Waals surface area contributed by atoms with E-state index in [1.807, 2.05) is 44.2 Å². The molecule has 0 aliphatic carbocycles. The molecule has 0 saturated heterocycles. The highest BCUT2D eigenvalue weighted by Crippen LogP contribution is 2.27. The normalized spacial score (nSPS) is 12.0. The van der Waals surface area contributed by atoms with Gasteiger partial charge in [-0.1, -0.05) is 73.2 Å². The lowest BCUT2D eigenvalue weighted by molar-refractivity contribution is -0.139. The van der Waals surface area contributed by atoms with E-state index in [1.54, 1.807) is 50.2 Å². The van der Waals surface area contributed by atoms with E-state index >= 15 is 0 Å². The van der Waals surface area contributed by atoms with Crippen LogP contribution in [0.5, 0.6) is 0 Å². The standard InChI is InChI=1S/C29H35N3O4S/c1-5-18-30-29(34)24(4)31(20-25-14-11-12-22(2)19-25)28(33)21-32(27-17-10-9-13-23(27)3)37(35,36)26-15-7-6-8-16-26/h6-17,19,24H,5,18,20-21H2,1-4H3,(H,30,34)/t24-/m0/s1. The van der Waals surface area contributed by atoms with E-state index in [0.29, 0.717) is 17.8 Å². The van der Waals surface area contributed by atoms with Gasteiger partial charge in [-0.05, 0) is 56.5 Å². The molecule has 196 valence electrons. The smallest absolute Gasteiger partial charge is 0.264 e. The molecule has 1 atom stereocenters. The fourth-order valence-corrected chi connectivity index (χ4v) is 5.56. The van der Waals surface area contributed by atoms with E-state index in [9.17, 15) is 18.0 Å². The van der Waals surface area contributed by atoms with Crippen LogP contribution in [0, 0.1) is 13.8 Å². The predicted octanol–water partition coefficient (Wildman–Crippen LogP) is 4.44. The van der Waals surface area contributed by atoms with Crippen molar-refractivity contribution < 1.29 is 18.0 Å². The van der Waals surface area contributed by atoms with Crippen LogP contribution in [-0.4, -0.2) is 44.3 Å². The molecule has 0 radical (unpaired) electrons. The molecular formula is C29H35N3O4S. The number of amides is 2. The summed E-state index contributed by atoms with van der Waals surface area (Å²) in [5, 5.41) is 2.85. The van der Waals surface area contributed by atoms with Gasteiger partial charge in [-0.25, -0.2) is 8.42 Å². The zero-order valence-electron chi connectivity index (χ0n) is 21.8. The fraction of sp³-hybridized carbons (Fsp3) is 0.310. The van der Waals surface area contributed by atoms with Gasteiger partial charge in [-0.15, -0.1) is 0 Å². The van der Waals surface area contributed by atoms with Gasteiger partial charge in [0, 0.05) is 13.1 Å². The molecule has 37 heavy (non-hydrogen) atoms. The van der Waals surface area contributed by atoms with Crippen molar-refractivity contribution in [2.24, 2.45) is 0 Å². The summed E-state index contributed by atoms with van der Waals surface area (Å²) in [6.45, 7) is 7.61. The van der Waals surface area contributed by atoms with Crippen LogP contribution in [0.1, 0.15) is 37.0 Å². The van der Waals surface area contributed by atoms with E-state index in [1.165, 1.54) is 17.0 Å². The highest BCUT2D eigenvalue weighted by atomic mass is 32.2. The molecule has 2 amide bonds. The topological polar surface area (TPSA) is 86.8 Å². The molecule has 0 aromatic heterocycles. The summed E-state index contributed by atoms with van der Waals surface area (Å²) in [5.41, 5.74) is 3.02. The van der Waals surface area contributed by atoms with Gasteiger partial charge in [-0.2, -0.15) is 0 Å². The molecule has 0 spiro atoms. The summed E-state index contributed by atoms with van der Waals surface area (Å²) in [7, 11) is -4.06. The van der Waals surface area contributed by atoms with Crippen molar-refractivity contribution in [2.75, 3.05) is 17.4 Å². The number of anilines is 1. The monoisotopic (exact) mass is 521 g/mol. The number of hydrogen-bond acceptors (Lipinski definition) is 4. The number of para-hydroxylation sites is 1. The van der Waals surface area contributed by atoms with Gasteiger partial charge in [0.05, 0.1) is 10.6 Å². The number of nitrogens with one attached hydrogen (secondary N) is 1. The Morgan fingerprint density at radius 2 is 1.59 bits per heavy atom. The number of benzene rings is 3. The summed E-state index contributed by atoms with van der Waals surface area (Å²) >= 11 is 0. The second-order valence-electron chi connectivity index (χ2n) is 9.09. The molecule has 0 bridgehead atoms. The average Bonchev–Trinajstić information content (AvgIpc) is 2.89. The minimum Gasteiger partial charge on any atom is -0.354 e. The highest BCUT2D eigenvalue weighted by molar-refractivity contribution is 7.92. The number of sulfonamides is 1. The van der Waals surface area contributed by atoms with Crippen LogP contribution < -0.4 is 9.62 Å². The van der Waals surface area contributed by atoms with Gasteiger partial charge in [0.2, 0.25) is 11.8 Å². The van der Waals surface area contributed by atoms with Crippen molar-refractivity contribution in [2.45, 2.75) is 51.6 Å². The molecule has 0 aliphatic heterocycles. The Labute approximate surface area is 220 Å². The van der Waals surface area contributed by atoms with Gasteiger partial charge >= 0.3 is 0 Å². The van der Waals surface area contributed by atoms with Gasteiger partial charge in [-0.3, -0.25) is 13.9 Å². The number of hydrogen-bond donors (Lipinski definition) is 1. The van der Waals surface area contributed by atoms with Crippen LogP contribution in [0.4, 0.5) is 5.69 Å². The summed E-state index contributed by atoms with van der Waals surface area (Å²) in [6, 6.07) is 22.0. The maximum Gasteiger partial charge on any atom is 0.264 e. The molecule has 0 unspecified atom stereocenters. The van der Waals surface area contributed by atoms with Crippen molar-refractivity contribution in [3.63, 3.8) is 0 Å². The largest absolute Gasteiger partial charge is 0.354 e. The second kappa shape index (κ2) is 12.5. The summed E-state index contributed by atoms with van der Waals surface area (Å²) in [5.74, 6) is -0.750. The lowest BCUT2D eigenvalue weighted by atomic mass is 10.1. The van der Waals surface area contributed by atoms with Crippen molar-refractivity contribution in [1.29, 1.82) is 0 Å². The quantitative estimate of drug-likeness (QED) is 0.404. The van der Waals surface area contributed by atoms with Gasteiger partial charge in [0.15, 0.2) is 0 Å². The summed E-state index contributed by atoms with van der Waals surface area (Å²) in [4.78, 5) is 28.3. The van der Waals surface area contributed by atoms with E-state index < -0.39 is 28.5 Å². The molecular weight excluding hydrogens is 486 g/mol. The molecule has 0 aliphatic rings. The first-order valence-electron chi connectivity index (χ1n) is 12.4. The Kier molecular flexibility index (Phi) is 9.47. The zero-order chi connectivity index (χ0) is 27.0. The van der Waals surface area contributed by atoms with Crippen LogP contribution in [0.25, 0.3) is 0 Å². The second-order valence-corrected chi connectivity index (χ2v) is 11.0.